The van der Waals surface area contributed by atoms with E-state index in [4.69, 9.17) is 11.6 Å². The van der Waals surface area contributed by atoms with Crippen LogP contribution >= 0.6 is 11.6 Å². The number of rotatable bonds is 3. The van der Waals surface area contributed by atoms with Crippen LogP contribution in [0.4, 0.5) is 16.0 Å². The Morgan fingerprint density at radius 3 is 2.81 bits per heavy atom. The van der Waals surface area contributed by atoms with Crippen LogP contribution in [-0.4, -0.2) is 42.6 Å². The van der Waals surface area contributed by atoms with Gasteiger partial charge in [0.25, 0.3) is 5.56 Å². The minimum Gasteiger partial charge on any atom is -0.324 e. The largest absolute Gasteiger partial charge is 0.324 e. The molecule has 0 amide bonds. The van der Waals surface area contributed by atoms with Gasteiger partial charge in [0.2, 0.25) is 5.95 Å². The highest BCUT2D eigenvalue weighted by molar-refractivity contribution is 6.32. The van der Waals surface area contributed by atoms with Crippen molar-refractivity contribution in [2.45, 2.75) is 25.8 Å². The van der Waals surface area contributed by atoms with E-state index in [9.17, 15) is 9.18 Å². The summed E-state index contributed by atoms with van der Waals surface area (Å²) in [4.78, 5) is 29.1. The van der Waals surface area contributed by atoms with Crippen molar-refractivity contribution in [3.8, 4) is 5.69 Å². The Morgan fingerprint density at radius 2 is 2.00 bits per heavy atom. The summed E-state index contributed by atoms with van der Waals surface area (Å²) in [6.45, 7) is 6.35. The van der Waals surface area contributed by atoms with E-state index in [1.54, 1.807) is 6.20 Å². The second-order valence-electron chi connectivity index (χ2n) is 9.79. The van der Waals surface area contributed by atoms with Crippen LogP contribution in [-0.2, 0) is 12.0 Å². The molecule has 0 atom stereocenters. The molecule has 0 fully saturated rings. The van der Waals surface area contributed by atoms with Gasteiger partial charge in [0, 0.05) is 42.8 Å². The zero-order valence-corrected chi connectivity index (χ0v) is 20.7. The molecule has 1 aliphatic rings. The van der Waals surface area contributed by atoms with Crippen LogP contribution < -0.4 is 10.9 Å². The van der Waals surface area contributed by atoms with Crippen LogP contribution in [0.25, 0.3) is 22.2 Å². The number of likely N-dealkylation sites (N-methyl/N-ethyl adjacent to an activating group) is 1. The first-order valence-electron chi connectivity index (χ1n) is 11.5. The highest BCUT2D eigenvalue weighted by Crippen LogP contribution is 2.34. The quantitative estimate of drug-likeness (QED) is 0.385. The molecule has 0 unspecified atom stereocenters. The van der Waals surface area contributed by atoms with Crippen molar-refractivity contribution in [2.24, 2.45) is 0 Å². The standard InChI is InChI=1S/C26H23ClFN7O/c1-26(2)14-33(3)13-15-11-16(7-8-18(15)26)31-25-30-12-17-21(32-25)23-29-9-10-34(23)35(24(17)36)22-19(27)5-4-6-20(22)28/h4-12H,13-14H2,1-3H3,(H,30,31,32). The molecule has 0 radical (unpaired) electrons. The molecule has 6 rings (SSSR count). The number of nitrogens with one attached hydrogen (secondary N) is 1. The lowest BCUT2D eigenvalue weighted by Crippen LogP contribution is -2.39. The van der Waals surface area contributed by atoms with Gasteiger partial charge in [-0.3, -0.25) is 4.79 Å². The van der Waals surface area contributed by atoms with E-state index in [-0.39, 0.29) is 21.5 Å². The van der Waals surface area contributed by atoms with Crippen LogP contribution in [0, 0.1) is 5.82 Å². The van der Waals surface area contributed by atoms with Gasteiger partial charge in [0.15, 0.2) is 5.65 Å². The third kappa shape index (κ3) is 3.54. The molecular weight excluding hydrogens is 481 g/mol. The number of nitrogens with zero attached hydrogens (tertiary/aromatic N) is 6. The van der Waals surface area contributed by atoms with Crippen molar-refractivity contribution in [3.63, 3.8) is 0 Å². The monoisotopic (exact) mass is 503 g/mol. The normalized spacial score (nSPS) is 15.4. The van der Waals surface area contributed by atoms with E-state index >= 15 is 0 Å². The number of anilines is 2. The molecule has 0 saturated carbocycles. The number of para-hydroxylation sites is 1. The zero-order valence-electron chi connectivity index (χ0n) is 20.0. The van der Waals surface area contributed by atoms with Gasteiger partial charge in [-0.05, 0) is 42.4 Å². The fourth-order valence-electron chi connectivity index (χ4n) is 5.21. The van der Waals surface area contributed by atoms with Gasteiger partial charge >= 0.3 is 0 Å². The van der Waals surface area contributed by atoms with Crippen LogP contribution in [0.1, 0.15) is 25.0 Å². The summed E-state index contributed by atoms with van der Waals surface area (Å²) in [7, 11) is 2.12. The molecule has 0 bridgehead atoms. The molecule has 1 aliphatic heterocycles. The lowest BCUT2D eigenvalue weighted by Gasteiger charge is -2.38. The first kappa shape index (κ1) is 22.6. The first-order chi connectivity index (χ1) is 17.2. The van der Waals surface area contributed by atoms with E-state index in [0.717, 1.165) is 23.5 Å². The van der Waals surface area contributed by atoms with Gasteiger partial charge in [0.05, 0.1) is 10.4 Å². The second kappa shape index (κ2) is 8.11. The molecule has 36 heavy (non-hydrogen) atoms. The third-order valence-corrected chi connectivity index (χ3v) is 6.91. The van der Waals surface area contributed by atoms with E-state index in [0.29, 0.717) is 17.1 Å². The number of aromatic nitrogens is 5. The van der Waals surface area contributed by atoms with E-state index in [1.807, 2.05) is 6.07 Å². The molecule has 0 spiro atoms. The smallest absolute Gasteiger partial charge is 0.281 e. The number of benzene rings is 2. The van der Waals surface area contributed by atoms with Crippen molar-refractivity contribution >= 4 is 39.8 Å². The van der Waals surface area contributed by atoms with Crippen molar-refractivity contribution in [3.05, 3.63) is 87.3 Å². The summed E-state index contributed by atoms with van der Waals surface area (Å²) in [5.74, 6) is -0.295. The number of hydrogen-bond donors (Lipinski definition) is 1. The van der Waals surface area contributed by atoms with Crippen molar-refractivity contribution < 1.29 is 4.39 Å². The zero-order chi connectivity index (χ0) is 25.2. The van der Waals surface area contributed by atoms with Crippen LogP contribution in [0.5, 0.6) is 0 Å². The second-order valence-corrected chi connectivity index (χ2v) is 10.2. The summed E-state index contributed by atoms with van der Waals surface area (Å²) in [5.41, 5.74) is 3.66. The molecule has 4 heterocycles. The van der Waals surface area contributed by atoms with Crippen molar-refractivity contribution in [1.82, 2.24) is 29.0 Å². The Morgan fingerprint density at radius 1 is 1.17 bits per heavy atom. The number of halogens is 2. The highest BCUT2D eigenvalue weighted by Gasteiger charge is 2.30. The molecule has 10 heteroatoms. The Bertz CT molecular complexity index is 1710. The summed E-state index contributed by atoms with van der Waals surface area (Å²) >= 11 is 6.27. The fraction of sp³-hybridized carbons (Fsp3) is 0.231. The first-order valence-corrected chi connectivity index (χ1v) is 11.9. The van der Waals surface area contributed by atoms with Gasteiger partial charge in [-0.1, -0.05) is 37.6 Å². The molecule has 8 nitrogen and oxygen atoms in total. The number of imidazole rings is 1. The van der Waals surface area contributed by atoms with Crippen molar-refractivity contribution in [1.29, 1.82) is 0 Å². The van der Waals surface area contributed by atoms with Crippen LogP contribution in [0.2, 0.25) is 5.02 Å². The fourth-order valence-corrected chi connectivity index (χ4v) is 5.45. The van der Waals surface area contributed by atoms with Crippen LogP contribution in [0.3, 0.4) is 0 Å². The predicted octanol–water partition coefficient (Wildman–Crippen LogP) is 4.69. The van der Waals surface area contributed by atoms with Gasteiger partial charge in [-0.2, -0.15) is 0 Å². The van der Waals surface area contributed by atoms with Crippen molar-refractivity contribution in [2.75, 3.05) is 18.9 Å². The molecule has 2 aromatic carbocycles. The SMILES string of the molecule is CN1Cc2cc(Nc3ncc4c(=O)n(-c5c(F)cccc5Cl)n5ccnc5c4n3)ccc2C(C)(C)C1. The Balaban J connectivity index is 1.46. The Hall–Kier alpha value is -3.82. The van der Waals surface area contributed by atoms with E-state index < -0.39 is 11.4 Å². The lowest BCUT2D eigenvalue weighted by atomic mass is 9.78. The van der Waals surface area contributed by atoms with Gasteiger partial charge < -0.3 is 10.2 Å². The van der Waals surface area contributed by atoms with Gasteiger partial charge in [0.1, 0.15) is 17.0 Å². The number of fused-ring (bicyclic) bond motifs is 4. The average molecular weight is 504 g/mol. The summed E-state index contributed by atoms with van der Waals surface area (Å²) in [5, 5.41) is 3.57. The average Bonchev–Trinajstić information content (AvgIpc) is 3.30. The molecule has 182 valence electrons. The molecule has 0 saturated heterocycles. The maximum Gasteiger partial charge on any atom is 0.281 e. The maximum atomic E-state index is 14.7. The summed E-state index contributed by atoms with van der Waals surface area (Å²) in [6, 6.07) is 10.5. The van der Waals surface area contributed by atoms with Crippen LogP contribution in [0.15, 0.2) is 59.8 Å². The summed E-state index contributed by atoms with van der Waals surface area (Å²) < 4.78 is 17.3. The lowest BCUT2D eigenvalue weighted by molar-refractivity contribution is 0.236. The van der Waals surface area contributed by atoms with E-state index in [1.165, 1.54) is 46.2 Å². The molecular formula is C26H23ClFN7O. The Labute approximate surface area is 211 Å². The number of hydrogen-bond acceptors (Lipinski definition) is 6. The van der Waals surface area contributed by atoms with E-state index in [2.05, 4.69) is 58.2 Å². The predicted molar refractivity (Wildman–Crippen MR) is 138 cm³/mol. The molecule has 0 aliphatic carbocycles. The van der Waals surface area contributed by atoms with Gasteiger partial charge in [-0.25, -0.2) is 28.5 Å². The minimum atomic E-state index is -0.626. The molecule has 1 N–H and O–H groups in total. The maximum absolute atomic E-state index is 14.7. The topological polar surface area (TPSA) is 80.4 Å². The molecule has 5 aromatic rings. The Kier molecular flexibility index (Phi) is 5.10. The minimum absolute atomic E-state index is 0.0572. The molecule has 3 aromatic heterocycles. The highest BCUT2D eigenvalue weighted by atomic mass is 35.5. The third-order valence-electron chi connectivity index (χ3n) is 6.61. The van der Waals surface area contributed by atoms with Gasteiger partial charge in [-0.15, -0.1) is 0 Å². The summed E-state index contributed by atoms with van der Waals surface area (Å²) in [6.07, 6.45) is 4.52.